The first-order valence-corrected chi connectivity index (χ1v) is 6.66. The molecule has 0 spiro atoms. The zero-order chi connectivity index (χ0) is 14.0. The first-order chi connectivity index (χ1) is 8.83. The Morgan fingerprint density at radius 2 is 2.21 bits per heavy atom. The second-order valence-corrected chi connectivity index (χ2v) is 6.12. The van der Waals surface area contributed by atoms with Gasteiger partial charge in [0.05, 0.1) is 5.92 Å². The van der Waals surface area contributed by atoms with Crippen molar-refractivity contribution in [3.05, 3.63) is 29.0 Å². The molecule has 1 aromatic heterocycles. The molecule has 0 saturated carbocycles. The Balaban J connectivity index is 1.88. The Labute approximate surface area is 118 Å². The maximum Gasteiger partial charge on any atom is 0.596 e. The molecule has 0 fully saturated rings. The lowest BCUT2D eigenvalue weighted by Crippen LogP contribution is -2.43. The van der Waals surface area contributed by atoms with Crippen molar-refractivity contribution in [3.8, 4) is 0 Å². The summed E-state index contributed by atoms with van der Waals surface area (Å²) >= 11 is 5.73. The van der Waals surface area contributed by atoms with Crippen LogP contribution in [0.4, 0.5) is 4.79 Å². The molecule has 4 nitrogen and oxygen atoms in total. The van der Waals surface area contributed by atoms with E-state index in [2.05, 4.69) is 4.98 Å². The molecule has 2 rings (SSSR count). The van der Waals surface area contributed by atoms with Crippen LogP contribution in [0.3, 0.4) is 0 Å². The predicted molar refractivity (Wildman–Crippen MR) is 73.9 cm³/mol. The highest BCUT2D eigenvalue weighted by molar-refractivity contribution is 6.29. The molecule has 1 atom stereocenters. The van der Waals surface area contributed by atoms with Crippen molar-refractivity contribution in [1.29, 1.82) is 0 Å². The first kappa shape index (κ1) is 14.0. The second-order valence-electron chi connectivity index (χ2n) is 5.74. The van der Waals surface area contributed by atoms with Crippen molar-refractivity contribution in [1.82, 2.24) is 4.98 Å². The van der Waals surface area contributed by atoms with Gasteiger partial charge < -0.3 is 4.74 Å². The van der Waals surface area contributed by atoms with E-state index in [4.69, 9.17) is 16.3 Å². The van der Waals surface area contributed by atoms with Crippen molar-refractivity contribution in [2.75, 3.05) is 6.54 Å². The maximum absolute atomic E-state index is 11.7. The van der Waals surface area contributed by atoms with Gasteiger partial charge in [-0.25, -0.2) is 4.98 Å². The highest BCUT2D eigenvalue weighted by Gasteiger charge is 2.36. The summed E-state index contributed by atoms with van der Waals surface area (Å²) in [6.45, 7) is 6.28. The number of hydrogen-bond acceptors (Lipinski definition) is 3. The van der Waals surface area contributed by atoms with E-state index in [9.17, 15) is 4.79 Å². The number of nitrogens with zero attached hydrogens (tertiary/aromatic N) is 2. The van der Waals surface area contributed by atoms with Crippen molar-refractivity contribution >= 4 is 23.9 Å². The number of pyridine rings is 1. The molecule has 1 aromatic rings. The summed E-state index contributed by atoms with van der Waals surface area (Å²) in [6.07, 6.45) is 4.26. The summed E-state index contributed by atoms with van der Waals surface area (Å²) in [6, 6.07) is 3.74. The number of ether oxygens (including phenoxy) is 1. The lowest BCUT2D eigenvalue weighted by atomic mass is 9.97. The number of rotatable bonds is 2. The lowest BCUT2D eigenvalue weighted by molar-refractivity contribution is -0.481. The summed E-state index contributed by atoms with van der Waals surface area (Å²) in [5, 5.41) is 0.497. The molecule has 1 aliphatic rings. The molecule has 0 saturated heterocycles. The zero-order valence-electron chi connectivity index (χ0n) is 11.4. The Kier molecular flexibility index (Phi) is 3.90. The topological polar surface area (TPSA) is 42.2 Å². The number of hydrogen-bond donors (Lipinski definition) is 0. The molecule has 1 unspecified atom stereocenters. The molecule has 0 bridgehead atoms. The van der Waals surface area contributed by atoms with E-state index in [1.54, 1.807) is 16.8 Å². The van der Waals surface area contributed by atoms with Crippen molar-refractivity contribution in [2.45, 2.75) is 32.8 Å². The van der Waals surface area contributed by atoms with Crippen LogP contribution >= 0.6 is 11.6 Å². The van der Waals surface area contributed by atoms with Gasteiger partial charge in [-0.05, 0) is 38.8 Å². The summed E-state index contributed by atoms with van der Waals surface area (Å²) in [5.41, 5.74) is 0.672. The van der Waals surface area contributed by atoms with E-state index in [0.717, 1.165) is 12.0 Å². The van der Waals surface area contributed by atoms with Crippen LogP contribution in [0.25, 0.3) is 0 Å². The molecule has 5 heteroatoms. The molecule has 19 heavy (non-hydrogen) atoms. The molecule has 0 N–H and O–H groups in total. The van der Waals surface area contributed by atoms with Gasteiger partial charge in [-0.1, -0.05) is 17.7 Å². The average Bonchev–Trinajstić information content (AvgIpc) is 2.22. The second kappa shape index (κ2) is 5.29. The molecule has 102 valence electrons. The van der Waals surface area contributed by atoms with Crippen LogP contribution < -0.4 is 0 Å². The van der Waals surface area contributed by atoms with Crippen LogP contribution in [0, 0.1) is 5.92 Å². The van der Waals surface area contributed by atoms with E-state index in [1.165, 1.54) is 0 Å². The van der Waals surface area contributed by atoms with Gasteiger partial charge in [-0.2, -0.15) is 4.79 Å². The monoisotopic (exact) mass is 281 g/mol. The minimum atomic E-state index is -0.448. The van der Waals surface area contributed by atoms with Gasteiger partial charge in [0, 0.05) is 6.20 Å². The molecular formula is C14H18ClN2O2+. The fraction of sp³-hybridized carbons (Fsp3) is 0.500. The van der Waals surface area contributed by atoms with Crippen LogP contribution in [0.5, 0.6) is 0 Å². The van der Waals surface area contributed by atoms with E-state index >= 15 is 0 Å². The minimum Gasteiger partial charge on any atom is -0.406 e. The van der Waals surface area contributed by atoms with Gasteiger partial charge in [-0.15, -0.1) is 4.58 Å². The van der Waals surface area contributed by atoms with Crippen LogP contribution in [-0.4, -0.2) is 34.0 Å². The van der Waals surface area contributed by atoms with Gasteiger partial charge in [0.15, 0.2) is 12.8 Å². The number of aromatic nitrogens is 1. The number of carbonyl (C=O) groups excluding carboxylic acids is 1. The summed E-state index contributed by atoms with van der Waals surface area (Å²) in [5.74, 6) is 0.357. The molecule has 0 aliphatic carbocycles. The van der Waals surface area contributed by atoms with E-state index < -0.39 is 5.60 Å². The molecule has 1 amide bonds. The summed E-state index contributed by atoms with van der Waals surface area (Å²) in [7, 11) is 0. The third-order valence-electron chi connectivity index (χ3n) is 2.74. The standard InChI is InChI=1S/C14H18ClN2O2/c1-14(2,3)19-13(18)17-8-11(9-17)6-10-4-5-12(15)16-7-10/h4-5,7-8,11H,6,9H2,1-3H3/q+1. The molecular weight excluding hydrogens is 264 g/mol. The smallest absolute Gasteiger partial charge is 0.406 e. The zero-order valence-corrected chi connectivity index (χ0v) is 12.1. The maximum atomic E-state index is 11.7. The quantitative estimate of drug-likeness (QED) is 0.618. The van der Waals surface area contributed by atoms with Crippen LogP contribution in [0.2, 0.25) is 5.15 Å². The van der Waals surface area contributed by atoms with E-state index in [0.29, 0.717) is 17.6 Å². The van der Waals surface area contributed by atoms with Gasteiger partial charge >= 0.3 is 6.09 Å². The fourth-order valence-corrected chi connectivity index (χ4v) is 1.99. The SMILES string of the molecule is CC(C)(C)OC(=O)[N+]1=CC(Cc2ccc(Cl)nc2)C1. The fourth-order valence-electron chi connectivity index (χ4n) is 1.88. The van der Waals surface area contributed by atoms with Crippen molar-refractivity contribution in [2.24, 2.45) is 5.92 Å². The molecule has 0 aromatic carbocycles. The average molecular weight is 282 g/mol. The van der Waals surface area contributed by atoms with E-state index in [-0.39, 0.29) is 6.09 Å². The Morgan fingerprint density at radius 1 is 1.53 bits per heavy atom. The normalized spacial score (nSPS) is 18.5. The summed E-state index contributed by atoms with van der Waals surface area (Å²) in [4.78, 5) is 15.8. The third kappa shape index (κ3) is 4.03. The van der Waals surface area contributed by atoms with E-state index in [1.807, 2.05) is 33.1 Å². The highest BCUT2D eigenvalue weighted by atomic mass is 35.5. The van der Waals surface area contributed by atoms with Crippen LogP contribution in [0.15, 0.2) is 18.3 Å². The Bertz CT molecular complexity index is 503. The number of carbonyl (C=O) groups is 1. The third-order valence-corrected chi connectivity index (χ3v) is 2.96. The Hall–Kier alpha value is -1.42. The van der Waals surface area contributed by atoms with Gasteiger partial charge in [-0.3, -0.25) is 0 Å². The van der Waals surface area contributed by atoms with Crippen LogP contribution in [-0.2, 0) is 11.2 Å². The van der Waals surface area contributed by atoms with Gasteiger partial charge in [0.2, 0.25) is 0 Å². The summed E-state index contributed by atoms with van der Waals surface area (Å²) < 4.78 is 6.89. The number of halogens is 1. The Morgan fingerprint density at radius 3 is 2.74 bits per heavy atom. The van der Waals surface area contributed by atoms with Crippen molar-refractivity contribution in [3.63, 3.8) is 0 Å². The van der Waals surface area contributed by atoms with Gasteiger partial charge in [0.25, 0.3) is 0 Å². The predicted octanol–water partition coefficient (Wildman–Crippen LogP) is 2.93. The van der Waals surface area contributed by atoms with Gasteiger partial charge in [0.1, 0.15) is 10.8 Å². The number of amides is 1. The first-order valence-electron chi connectivity index (χ1n) is 6.28. The van der Waals surface area contributed by atoms with Crippen LogP contribution in [0.1, 0.15) is 26.3 Å². The van der Waals surface area contributed by atoms with Crippen molar-refractivity contribution < 1.29 is 14.1 Å². The minimum absolute atomic E-state index is 0.280. The molecule has 1 aliphatic heterocycles. The molecule has 2 heterocycles. The largest absolute Gasteiger partial charge is 0.596 e. The highest BCUT2D eigenvalue weighted by Crippen LogP contribution is 2.16. The lowest BCUT2D eigenvalue weighted by Gasteiger charge is -2.21. The molecule has 0 radical (unpaired) electrons.